The first kappa shape index (κ1) is 20.9. The number of amides is 1. The van der Waals surface area contributed by atoms with Crippen molar-refractivity contribution in [1.82, 2.24) is 4.98 Å². The van der Waals surface area contributed by atoms with Gasteiger partial charge >= 0.3 is 0 Å². The van der Waals surface area contributed by atoms with E-state index in [4.69, 9.17) is 11.6 Å². The van der Waals surface area contributed by atoms with E-state index in [1.54, 1.807) is 55.6 Å². The number of benzene rings is 3. The summed E-state index contributed by atoms with van der Waals surface area (Å²) < 4.78 is 0. The number of anilines is 1. The second kappa shape index (κ2) is 8.19. The minimum atomic E-state index is -0.901. The van der Waals surface area contributed by atoms with Crippen LogP contribution >= 0.6 is 11.6 Å². The maximum absolute atomic E-state index is 13.4. The summed E-state index contributed by atoms with van der Waals surface area (Å²) in [5.41, 5.74) is 2.10. The molecule has 0 spiro atoms. The van der Waals surface area contributed by atoms with Crippen molar-refractivity contribution in [3.8, 4) is 0 Å². The highest BCUT2D eigenvalue weighted by molar-refractivity contribution is 6.52. The van der Waals surface area contributed by atoms with E-state index in [-0.39, 0.29) is 11.3 Å². The van der Waals surface area contributed by atoms with Gasteiger partial charge in [0.05, 0.1) is 11.3 Å². The van der Waals surface area contributed by atoms with Gasteiger partial charge in [-0.25, -0.2) is 0 Å². The van der Waals surface area contributed by atoms with Gasteiger partial charge in [0.2, 0.25) is 0 Å². The number of ketones is 1. The molecule has 5 rings (SSSR count). The topological polar surface area (TPSA) is 70.5 Å². The van der Waals surface area contributed by atoms with Gasteiger partial charge in [0.15, 0.2) is 0 Å². The first-order valence-electron chi connectivity index (χ1n) is 10.4. The Labute approximate surface area is 195 Å². The van der Waals surface area contributed by atoms with Crippen LogP contribution in [0.5, 0.6) is 0 Å². The molecule has 6 heteroatoms. The van der Waals surface area contributed by atoms with Crippen LogP contribution in [0.4, 0.5) is 5.69 Å². The van der Waals surface area contributed by atoms with Gasteiger partial charge in [-0.05, 0) is 47.5 Å². The summed E-state index contributed by atoms with van der Waals surface area (Å²) >= 11 is 6.33. The lowest BCUT2D eigenvalue weighted by molar-refractivity contribution is -0.132. The van der Waals surface area contributed by atoms with E-state index in [1.807, 2.05) is 36.4 Å². The van der Waals surface area contributed by atoms with Gasteiger partial charge in [-0.3, -0.25) is 19.5 Å². The molecule has 1 aromatic heterocycles. The quantitative estimate of drug-likeness (QED) is 0.240. The summed E-state index contributed by atoms with van der Waals surface area (Å²) in [6.07, 6.45) is 1.60. The van der Waals surface area contributed by atoms with Crippen molar-refractivity contribution in [3.63, 3.8) is 0 Å². The molecule has 1 fully saturated rings. The van der Waals surface area contributed by atoms with Gasteiger partial charge in [0, 0.05) is 22.5 Å². The van der Waals surface area contributed by atoms with Gasteiger partial charge in [0.25, 0.3) is 11.7 Å². The number of carbonyl (C=O) groups is 2. The lowest BCUT2D eigenvalue weighted by atomic mass is 9.95. The van der Waals surface area contributed by atoms with Crippen LogP contribution in [0.15, 0.2) is 90.6 Å². The summed E-state index contributed by atoms with van der Waals surface area (Å²) in [7, 11) is 0. The van der Waals surface area contributed by atoms with E-state index in [2.05, 4.69) is 4.98 Å². The molecule has 4 aromatic rings. The second-order valence-electron chi connectivity index (χ2n) is 7.83. The highest BCUT2D eigenvalue weighted by Gasteiger charge is 2.48. The maximum atomic E-state index is 13.4. The Bertz CT molecular complexity index is 1440. The number of aliphatic hydroxyl groups is 1. The number of hydrogen-bond acceptors (Lipinski definition) is 4. The summed E-state index contributed by atoms with van der Waals surface area (Å²) in [5.74, 6) is -1.74. The number of halogens is 1. The number of nitrogens with zero attached hydrogens (tertiary/aromatic N) is 2. The lowest BCUT2D eigenvalue weighted by Crippen LogP contribution is -2.30. The number of carbonyl (C=O) groups excluding carboxylic acids is 2. The molecule has 162 valence electrons. The highest BCUT2D eigenvalue weighted by atomic mass is 35.5. The first-order chi connectivity index (χ1) is 16.0. The number of hydrogen-bond donors (Lipinski definition) is 1. The predicted octanol–water partition coefficient (Wildman–Crippen LogP) is 5.82. The minimum Gasteiger partial charge on any atom is -0.507 e. The van der Waals surface area contributed by atoms with E-state index >= 15 is 0 Å². The molecule has 2 heterocycles. The predicted molar refractivity (Wildman–Crippen MR) is 129 cm³/mol. The Morgan fingerprint density at radius 3 is 2.45 bits per heavy atom. The zero-order valence-corrected chi connectivity index (χ0v) is 18.5. The minimum absolute atomic E-state index is 0.00516. The van der Waals surface area contributed by atoms with Crippen LogP contribution in [0.3, 0.4) is 0 Å². The molecular formula is C27H19ClN2O3. The smallest absolute Gasteiger partial charge is 0.300 e. The van der Waals surface area contributed by atoms with E-state index in [1.165, 1.54) is 4.90 Å². The standard InChI is InChI=1S/C27H19ClN2O3/c1-16-20(28)12-7-14-22(16)30-24(21-13-4-5-15-29-21)23(26(32)27(30)33)25(31)19-11-6-9-17-8-2-3-10-18(17)19/h2-15,24,31H,1H3/b25-23-. The molecule has 33 heavy (non-hydrogen) atoms. The SMILES string of the molecule is Cc1c(Cl)cccc1N1C(=O)C(=O)/C(=C(\O)c2cccc3ccccc23)C1c1ccccn1. The van der Waals surface area contributed by atoms with Crippen LogP contribution < -0.4 is 4.90 Å². The molecule has 1 saturated heterocycles. The number of Topliss-reactive ketones (excluding diaryl/α,β-unsaturated/α-hetero) is 1. The second-order valence-corrected chi connectivity index (χ2v) is 8.24. The van der Waals surface area contributed by atoms with Crippen molar-refractivity contribution in [2.24, 2.45) is 0 Å². The van der Waals surface area contributed by atoms with Crippen molar-refractivity contribution in [2.45, 2.75) is 13.0 Å². The van der Waals surface area contributed by atoms with Crippen LogP contribution in [-0.2, 0) is 9.59 Å². The van der Waals surface area contributed by atoms with Gasteiger partial charge in [0.1, 0.15) is 11.8 Å². The van der Waals surface area contributed by atoms with E-state index in [0.29, 0.717) is 27.5 Å². The molecule has 3 aromatic carbocycles. The number of fused-ring (bicyclic) bond motifs is 1. The molecule has 1 aliphatic rings. The van der Waals surface area contributed by atoms with Crippen molar-refractivity contribution < 1.29 is 14.7 Å². The fourth-order valence-corrected chi connectivity index (χ4v) is 4.50. The molecule has 0 radical (unpaired) electrons. The Kier molecular flexibility index (Phi) is 5.19. The van der Waals surface area contributed by atoms with Crippen LogP contribution in [0.2, 0.25) is 5.02 Å². The number of aromatic nitrogens is 1. The van der Waals surface area contributed by atoms with E-state index in [9.17, 15) is 14.7 Å². The molecule has 0 bridgehead atoms. The first-order valence-corrected chi connectivity index (χ1v) is 10.8. The zero-order chi connectivity index (χ0) is 23.1. The van der Waals surface area contributed by atoms with Gasteiger partial charge in [-0.2, -0.15) is 0 Å². The average molecular weight is 455 g/mol. The third-order valence-electron chi connectivity index (χ3n) is 5.96. The van der Waals surface area contributed by atoms with Crippen LogP contribution in [0.1, 0.15) is 22.9 Å². The van der Waals surface area contributed by atoms with Crippen molar-refractivity contribution >= 4 is 45.5 Å². The molecule has 5 nitrogen and oxygen atoms in total. The Morgan fingerprint density at radius 2 is 1.67 bits per heavy atom. The fourth-order valence-electron chi connectivity index (χ4n) is 4.33. The molecular weight excluding hydrogens is 436 g/mol. The third kappa shape index (κ3) is 3.38. The average Bonchev–Trinajstić information content (AvgIpc) is 3.11. The normalized spacial score (nSPS) is 17.6. The van der Waals surface area contributed by atoms with Crippen molar-refractivity contribution in [3.05, 3.63) is 112 Å². The lowest BCUT2D eigenvalue weighted by Gasteiger charge is -2.26. The zero-order valence-electron chi connectivity index (χ0n) is 17.7. The molecule has 1 amide bonds. The van der Waals surface area contributed by atoms with Gasteiger partial charge < -0.3 is 5.11 Å². The van der Waals surface area contributed by atoms with Crippen LogP contribution in [0.25, 0.3) is 16.5 Å². The maximum Gasteiger partial charge on any atom is 0.300 e. The third-order valence-corrected chi connectivity index (χ3v) is 6.37. The molecule has 0 saturated carbocycles. The Hall–Kier alpha value is -3.96. The van der Waals surface area contributed by atoms with Crippen molar-refractivity contribution in [2.75, 3.05) is 4.90 Å². The van der Waals surface area contributed by atoms with E-state index < -0.39 is 17.7 Å². The molecule has 1 atom stereocenters. The summed E-state index contributed by atoms with van der Waals surface area (Å²) in [5, 5.41) is 13.6. The Morgan fingerprint density at radius 1 is 0.939 bits per heavy atom. The molecule has 1 N–H and O–H groups in total. The van der Waals surface area contributed by atoms with Gasteiger partial charge in [-0.15, -0.1) is 0 Å². The molecule has 0 aliphatic carbocycles. The number of pyridine rings is 1. The summed E-state index contributed by atoms with van der Waals surface area (Å²) in [6, 6.07) is 22.6. The largest absolute Gasteiger partial charge is 0.507 e. The summed E-state index contributed by atoms with van der Waals surface area (Å²) in [6.45, 7) is 1.79. The summed E-state index contributed by atoms with van der Waals surface area (Å²) in [4.78, 5) is 32.5. The van der Waals surface area contributed by atoms with E-state index in [0.717, 1.165) is 10.8 Å². The highest BCUT2D eigenvalue weighted by Crippen LogP contribution is 2.44. The molecule has 1 unspecified atom stereocenters. The number of aliphatic hydroxyl groups excluding tert-OH is 1. The van der Waals surface area contributed by atoms with Gasteiger partial charge in [-0.1, -0.05) is 66.2 Å². The monoisotopic (exact) mass is 454 g/mol. The number of rotatable bonds is 3. The van der Waals surface area contributed by atoms with Crippen LogP contribution in [-0.4, -0.2) is 21.8 Å². The van der Waals surface area contributed by atoms with Crippen LogP contribution in [0, 0.1) is 6.92 Å². The van der Waals surface area contributed by atoms with Crippen molar-refractivity contribution in [1.29, 1.82) is 0 Å². The Balaban J connectivity index is 1.80. The molecule has 1 aliphatic heterocycles. The fraction of sp³-hybridized carbons (Fsp3) is 0.0741.